The molecular weight excluding hydrogens is 196 g/mol. The van der Waals surface area contributed by atoms with Crippen LogP contribution in [0.25, 0.3) is 0 Å². The molecule has 1 N–H and O–H groups in total. The minimum absolute atomic E-state index is 0.465. The van der Waals surface area contributed by atoms with Gasteiger partial charge in [0.25, 0.3) is 0 Å². The van der Waals surface area contributed by atoms with Crippen molar-refractivity contribution in [2.45, 2.75) is 59.4 Å². The first kappa shape index (κ1) is 14.0. The third kappa shape index (κ3) is 6.49. The van der Waals surface area contributed by atoms with Crippen LogP contribution in [0.4, 0.5) is 0 Å². The first-order chi connectivity index (χ1) is 7.53. The largest absolute Gasteiger partial charge is 0.315 e. The highest BCUT2D eigenvalue weighted by molar-refractivity contribution is 4.84. The number of hydrogen-bond donors (Lipinski definition) is 1. The van der Waals surface area contributed by atoms with Gasteiger partial charge >= 0.3 is 0 Å². The maximum atomic E-state index is 3.57. The summed E-state index contributed by atoms with van der Waals surface area (Å²) in [7, 11) is 0. The molecule has 2 heteroatoms. The zero-order chi connectivity index (χ0) is 12.0. The van der Waals surface area contributed by atoms with Gasteiger partial charge in [-0.15, -0.1) is 0 Å². The Labute approximate surface area is 102 Å². The van der Waals surface area contributed by atoms with E-state index in [-0.39, 0.29) is 0 Å². The lowest BCUT2D eigenvalue weighted by atomic mass is 9.92. The van der Waals surface area contributed by atoms with Gasteiger partial charge < -0.3 is 5.32 Å². The van der Waals surface area contributed by atoms with Gasteiger partial charge in [0, 0.05) is 19.1 Å². The maximum absolute atomic E-state index is 3.57. The van der Waals surface area contributed by atoms with Crippen molar-refractivity contribution in [1.82, 2.24) is 10.2 Å². The van der Waals surface area contributed by atoms with Crippen LogP contribution in [0.3, 0.4) is 0 Å². The summed E-state index contributed by atoms with van der Waals surface area (Å²) in [6, 6.07) is 0.921. The van der Waals surface area contributed by atoms with Crippen LogP contribution in [-0.4, -0.2) is 37.1 Å². The van der Waals surface area contributed by atoms with E-state index in [1.165, 1.54) is 38.8 Å². The van der Waals surface area contributed by atoms with Gasteiger partial charge in [0.15, 0.2) is 0 Å². The Hall–Kier alpha value is -0.0800. The molecule has 0 atom stereocenters. The molecule has 1 aliphatic carbocycles. The third-order valence-corrected chi connectivity index (χ3v) is 3.20. The molecule has 1 fully saturated rings. The molecule has 0 aromatic rings. The van der Waals surface area contributed by atoms with E-state index in [2.05, 4.69) is 37.9 Å². The lowest BCUT2D eigenvalue weighted by Gasteiger charge is -2.22. The van der Waals surface area contributed by atoms with E-state index in [1.54, 1.807) is 0 Å². The smallest absolute Gasteiger partial charge is 0.0110 e. The van der Waals surface area contributed by atoms with Gasteiger partial charge in [-0.05, 0) is 44.2 Å². The van der Waals surface area contributed by atoms with Crippen LogP contribution in [0.5, 0.6) is 0 Å². The van der Waals surface area contributed by atoms with Crippen molar-refractivity contribution < 1.29 is 0 Å². The predicted molar refractivity (Wildman–Crippen MR) is 71.8 cm³/mol. The summed E-state index contributed by atoms with van der Waals surface area (Å²) in [4.78, 5) is 2.66. The Balaban J connectivity index is 2.00. The number of rotatable bonds is 8. The second-order valence-corrected chi connectivity index (χ2v) is 6.33. The topological polar surface area (TPSA) is 15.3 Å². The summed E-state index contributed by atoms with van der Waals surface area (Å²) >= 11 is 0. The highest BCUT2D eigenvalue weighted by Gasteiger charge is 2.27. The van der Waals surface area contributed by atoms with Gasteiger partial charge in [-0.2, -0.15) is 0 Å². The molecule has 0 aromatic carbocycles. The molecule has 1 saturated carbocycles. The summed E-state index contributed by atoms with van der Waals surface area (Å²) < 4.78 is 0. The van der Waals surface area contributed by atoms with Gasteiger partial charge in [0.1, 0.15) is 0 Å². The highest BCUT2D eigenvalue weighted by Crippen LogP contribution is 2.26. The van der Waals surface area contributed by atoms with E-state index in [0.717, 1.165) is 19.1 Å². The fourth-order valence-electron chi connectivity index (χ4n) is 2.01. The Morgan fingerprint density at radius 2 is 1.81 bits per heavy atom. The fourth-order valence-corrected chi connectivity index (χ4v) is 2.01. The summed E-state index contributed by atoms with van der Waals surface area (Å²) in [5.74, 6) is 0. The SMILES string of the molecule is CCCN(CCNCCC(C)(C)C)C1CC1. The average molecular weight is 226 g/mol. The zero-order valence-electron chi connectivity index (χ0n) is 11.7. The summed E-state index contributed by atoms with van der Waals surface area (Å²) in [5.41, 5.74) is 0.465. The van der Waals surface area contributed by atoms with E-state index in [1.807, 2.05) is 0 Å². The van der Waals surface area contributed by atoms with Gasteiger partial charge in [0.2, 0.25) is 0 Å². The summed E-state index contributed by atoms with van der Waals surface area (Å²) in [5, 5.41) is 3.57. The average Bonchev–Trinajstić information content (AvgIpc) is 2.97. The normalized spacial score (nSPS) is 17.1. The molecule has 1 aliphatic rings. The minimum atomic E-state index is 0.465. The molecule has 0 heterocycles. The monoisotopic (exact) mass is 226 g/mol. The van der Waals surface area contributed by atoms with E-state index >= 15 is 0 Å². The molecule has 0 aromatic heterocycles. The predicted octanol–water partition coefficient (Wildman–Crippen LogP) is 2.89. The zero-order valence-corrected chi connectivity index (χ0v) is 11.7. The second-order valence-electron chi connectivity index (χ2n) is 6.33. The van der Waals surface area contributed by atoms with Crippen molar-refractivity contribution in [3.8, 4) is 0 Å². The van der Waals surface area contributed by atoms with Gasteiger partial charge in [0.05, 0.1) is 0 Å². The molecule has 0 radical (unpaired) electrons. The van der Waals surface area contributed by atoms with Crippen LogP contribution < -0.4 is 5.32 Å². The van der Waals surface area contributed by atoms with Crippen LogP contribution in [0.15, 0.2) is 0 Å². The maximum Gasteiger partial charge on any atom is 0.0110 e. The lowest BCUT2D eigenvalue weighted by molar-refractivity contribution is 0.260. The molecule has 1 rings (SSSR count). The Kier molecular flexibility index (Phi) is 5.77. The molecule has 0 unspecified atom stereocenters. The van der Waals surface area contributed by atoms with Crippen molar-refractivity contribution in [2.24, 2.45) is 5.41 Å². The van der Waals surface area contributed by atoms with Gasteiger partial charge in [-0.3, -0.25) is 4.90 Å². The lowest BCUT2D eigenvalue weighted by Crippen LogP contribution is -2.35. The first-order valence-electron chi connectivity index (χ1n) is 6.97. The van der Waals surface area contributed by atoms with Crippen molar-refractivity contribution in [1.29, 1.82) is 0 Å². The molecule has 0 spiro atoms. The standard InChI is InChI=1S/C14H30N2/c1-5-11-16(13-6-7-13)12-10-15-9-8-14(2,3)4/h13,15H,5-12H2,1-4H3. The van der Waals surface area contributed by atoms with E-state index in [4.69, 9.17) is 0 Å². The fraction of sp³-hybridized carbons (Fsp3) is 1.00. The number of hydrogen-bond acceptors (Lipinski definition) is 2. The van der Waals surface area contributed by atoms with E-state index in [0.29, 0.717) is 5.41 Å². The molecule has 0 amide bonds. The van der Waals surface area contributed by atoms with E-state index in [9.17, 15) is 0 Å². The van der Waals surface area contributed by atoms with Crippen LogP contribution in [0.2, 0.25) is 0 Å². The van der Waals surface area contributed by atoms with E-state index < -0.39 is 0 Å². The van der Waals surface area contributed by atoms with Crippen LogP contribution >= 0.6 is 0 Å². The molecule has 96 valence electrons. The first-order valence-corrected chi connectivity index (χ1v) is 6.97. The second kappa shape index (κ2) is 6.61. The quantitative estimate of drug-likeness (QED) is 0.640. The van der Waals surface area contributed by atoms with Crippen LogP contribution in [0, 0.1) is 5.41 Å². The minimum Gasteiger partial charge on any atom is -0.315 e. The van der Waals surface area contributed by atoms with Crippen molar-refractivity contribution in [3.05, 3.63) is 0 Å². The van der Waals surface area contributed by atoms with Gasteiger partial charge in [-0.25, -0.2) is 0 Å². The third-order valence-electron chi connectivity index (χ3n) is 3.20. The van der Waals surface area contributed by atoms with Crippen LogP contribution in [0.1, 0.15) is 53.4 Å². The van der Waals surface area contributed by atoms with Crippen LogP contribution in [-0.2, 0) is 0 Å². The van der Waals surface area contributed by atoms with Crippen molar-refractivity contribution >= 4 is 0 Å². The molecule has 2 nitrogen and oxygen atoms in total. The van der Waals surface area contributed by atoms with Crippen molar-refractivity contribution in [2.75, 3.05) is 26.2 Å². The summed E-state index contributed by atoms with van der Waals surface area (Å²) in [6.07, 6.45) is 5.42. The molecular formula is C14H30N2. The van der Waals surface area contributed by atoms with Gasteiger partial charge in [-0.1, -0.05) is 27.7 Å². The van der Waals surface area contributed by atoms with Crippen molar-refractivity contribution in [3.63, 3.8) is 0 Å². The molecule has 0 aliphatic heterocycles. The number of nitrogens with one attached hydrogen (secondary N) is 1. The molecule has 0 bridgehead atoms. The Morgan fingerprint density at radius 3 is 2.31 bits per heavy atom. The molecule has 0 saturated heterocycles. The Bertz CT molecular complexity index is 180. The highest BCUT2D eigenvalue weighted by atomic mass is 15.2. The number of nitrogens with zero attached hydrogens (tertiary/aromatic N) is 1. The Morgan fingerprint density at radius 1 is 1.12 bits per heavy atom. The summed E-state index contributed by atoms with van der Waals surface area (Å²) in [6.45, 7) is 14.0. The molecule has 16 heavy (non-hydrogen) atoms.